The third-order valence-electron chi connectivity index (χ3n) is 3.13. The normalized spacial score (nSPS) is 16.3. The second kappa shape index (κ2) is 11.8. The predicted molar refractivity (Wildman–Crippen MR) is 75.5 cm³/mol. The van der Waals surface area contributed by atoms with Gasteiger partial charge in [0.1, 0.15) is 6.29 Å². The van der Waals surface area contributed by atoms with Crippen LogP contribution < -0.4 is 51.4 Å². The van der Waals surface area contributed by atoms with Gasteiger partial charge >= 0.3 is 51.4 Å². The van der Waals surface area contributed by atoms with E-state index in [1.165, 1.54) is 0 Å². The van der Waals surface area contributed by atoms with Crippen LogP contribution in [0.1, 0.15) is 6.42 Å². The maximum atomic E-state index is 11.3. The molecule has 1 aliphatic rings. The van der Waals surface area contributed by atoms with Gasteiger partial charge in [0.15, 0.2) is 0 Å². The molecule has 0 fully saturated rings. The summed E-state index contributed by atoms with van der Waals surface area (Å²) in [6.45, 7) is -0.517. The van der Waals surface area contributed by atoms with Crippen LogP contribution in [0.5, 0.6) is 0 Å². The average molecular weight is 348 g/mol. The van der Waals surface area contributed by atoms with E-state index in [4.69, 9.17) is 0 Å². The van der Waals surface area contributed by atoms with Gasteiger partial charge in [-0.2, -0.15) is 0 Å². The summed E-state index contributed by atoms with van der Waals surface area (Å²) in [5, 5.41) is 22.8. The number of hydrogen-bond donors (Lipinski definition) is 2. The van der Waals surface area contributed by atoms with Gasteiger partial charge in [-0.15, -0.1) is 6.54 Å². The Morgan fingerprint density at radius 2 is 1.91 bits per heavy atom. The second-order valence-electron chi connectivity index (χ2n) is 4.63. The molecule has 2 atom stereocenters. The van der Waals surface area contributed by atoms with Crippen molar-refractivity contribution < 1.29 is 80.8 Å². The van der Waals surface area contributed by atoms with E-state index in [9.17, 15) is 29.4 Å². The van der Waals surface area contributed by atoms with Gasteiger partial charge in [-0.3, -0.25) is 19.3 Å². The molecule has 2 unspecified atom stereocenters. The van der Waals surface area contributed by atoms with Crippen molar-refractivity contribution in [3.05, 3.63) is 29.6 Å². The Hall–Kier alpha value is -0.684. The van der Waals surface area contributed by atoms with Crippen LogP contribution >= 0.6 is 0 Å². The zero-order valence-electron chi connectivity index (χ0n) is 12.8. The van der Waals surface area contributed by atoms with Crippen molar-refractivity contribution in [2.24, 2.45) is 5.92 Å². The molecule has 120 valence electrons. The number of imide groups is 1. The van der Waals surface area contributed by atoms with E-state index in [0.717, 1.165) is 29.2 Å². The van der Waals surface area contributed by atoms with Gasteiger partial charge in [0.25, 0.3) is 11.8 Å². The molecule has 0 aliphatic carbocycles. The van der Waals surface area contributed by atoms with E-state index in [2.05, 4.69) is 5.32 Å². The van der Waals surface area contributed by atoms with Gasteiger partial charge in [0.2, 0.25) is 0 Å². The molecular formula is C14H17KN2O6. The fraction of sp³-hybridized carbons (Fsp3) is 0.429. The third-order valence-corrected chi connectivity index (χ3v) is 3.13. The van der Waals surface area contributed by atoms with E-state index >= 15 is 0 Å². The van der Waals surface area contributed by atoms with Gasteiger partial charge < -0.3 is 20.3 Å². The van der Waals surface area contributed by atoms with Crippen molar-refractivity contribution in [2.45, 2.75) is 12.5 Å². The maximum absolute atomic E-state index is 11.3. The molecule has 8 nitrogen and oxygen atoms in total. The molecule has 3 amide bonds. The van der Waals surface area contributed by atoms with Crippen molar-refractivity contribution in [2.75, 3.05) is 19.7 Å². The number of aliphatic hydroxyl groups is 2. The number of nitrogens with zero attached hydrogens (tertiary/aromatic N) is 2. The predicted octanol–water partition coefficient (Wildman–Crippen LogP) is -4.07. The van der Waals surface area contributed by atoms with Crippen molar-refractivity contribution in [1.29, 1.82) is 0 Å². The molecule has 0 aromatic carbocycles. The Kier molecular flexibility index (Phi) is 11.4. The minimum Gasteiger partial charge on any atom is -0.649 e. The van der Waals surface area contributed by atoms with Gasteiger partial charge in [-0.05, 0) is 24.5 Å². The first-order chi connectivity index (χ1) is 10.5. The Balaban J connectivity index is 0.00000484. The van der Waals surface area contributed by atoms with Crippen LogP contribution in [0.25, 0.3) is 5.32 Å². The molecule has 1 heterocycles. The van der Waals surface area contributed by atoms with Crippen LogP contribution in [0.2, 0.25) is 0 Å². The second-order valence-corrected chi connectivity index (χ2v) is 4.63. The summed E-state index contributed by atoms with van der Waals surface area (Å²) in [7, 11) is 0. The maximum Gasteiger partial charge on any atom is 1.00 e. The minimum atomic E-state index is -1.03. The zero-order valence-corrected chi connectivity index (χ0v) is 15.9. The summed E-state index contributed by atoms with van der Waals surface area (Å²) in [4.78, 5) is 44.9. The first-order valence-electron chi connectivity index (χ1n) is 6.65. The number of carbonyl (C=O) groups excluding carboxylic acids is 4. The van der Waals surface area contributed by atoms with E-state index in [1.54, 1.807) is 0 Å². The smallest absolute Gasteiger partial charge is 0.649 e. The monoisotopic (exact) mass is 348 g/mol. The first kappa shape index (κ1) is 22.3. The zero-order chi connectivity index (χ0) is 16.5. The SMILES string of the molecule is O=C/C=C\C(=O)[N-]CC(CO)C(O)CCN1C(=O)C=CC1=O.[K+]. The van der Waals surface area contributed by atoms with Crippen LogP contribution in [0.15, 0.2) is 24.3 Å². The standard InChI is InChI=1S/C14H18N2O6.K/c17-7-1-2-12(20)15-8-10(9-18)11(19)5-6-16-13(21)3-4-14(16)22;/h1-4,7,10-11,18-19H,5-6,8-9H2,(H,15,20);/q;+1/p-1/b2-1-;. The van der Waals surface area contributed by atoms with Gasteiger partial charge in [0.05, 0.1) is 12.0 Å². The average Bonchev–Trinajstić information content (AvgIpc) is 2.82. The number of hydrogen-bond acceptors (Lipinski definition) is 6. The van der Waals surface area contributed by atoms with Crippen LogP contribution in [0.4, 0.5) is 0 Å². The molecule has 23 heavy (non-hydrogen) atoms. The summed E-state index contributed by atoms with van der Waals surface area (Å²) in [6, 6.07) is 0. The van der Waals surface area contributed by atoms with Gasteiger partial charge in [-0.1, -0.05) is 0 Å². The number of aldehydes is 1. The number of amides is 3. The molecule has 0 bridgehead atoms. The Labute approximate surface area is 176 Å². The Morgan fingerprint density at radius 3 is 2.43 bits per heavy atom. The summed E-state index contributed by atoms with van der Waals surface area (Å²) < 4.78 is 0. The van der Waals surface area contributed by atoms with E-state index < -0.39 is 36.4 Å². The summed E-state index contributed by atoms with van der Waals surface area (Å²) >= 11 is 0. The molecule has 0 aromatic rings. The van der Waals surface area contributed by atoms with Crippen LogP contribution in [-0.2, 0) is 19.2 Å². The number of aliphatic hydroxyl groups excluding tert-OH is 2. The van der Waals surface area contributed by atoms with E-state index in [0.29, 0.717) is 6.29 Å². The molecule has 0 radical (unpaired) electrons. The fourth-order valence-corrected chi connectivity index (χ4v) is 1.83. The van der Waals surface area contributed by atoms with E-state index in [-0.39, 0.29) is 70.9 Å². The number of rotatable bonds is 9. The molecule has 0 spiro atoms. The molecule has 0 aromatic heterocycles. The van der Waals surface area contributed by atoms with Gasteiger partial charge in [0, 0.05) is 25.3 Å². The first-order valence-corrected chi connectivity index (χ1v) is 6.65. The molecule has 1 rings (SSSR count). The molecule has 0 saturated carbocycles. The Bertz CT molecular complexity index is 487. The summed E-state index contributed by atoms with van der Waals surface area (Å²) in [5.41, 5.74) is 0. The minimum absolute atomic E-state index is 0. The van der Waals surface area contributed by atoms with Crippen molar-refractivity contribution in [3.8, 4) is 0 Å². The van der Waals surface area contributed by atoms with Gasteiger partial charge in [-0.25, -0.2) is 0 Å². The van der Waals surface area contributed by atoms with Crippen LogP contribution in [-0.4, -0.2) is 64.9 Å². The van der Waals surface area contributed by atoms with Crippen molar-refractivity contribution >= 4 is 24.0 Å². The Morgan fingerprint density at radius 1 is 1.30 bits per heavy atom. The van der Waals surface area contributed by atoms with Crippen LogP contribution in [0, 0.1) is 5.92 Å². The van der Waals surface area contributed by atoms with E-state index in [1.807, 2.05) is 0 Å². The van der Waals surface area contributed by atoms with Crippen molar-refractivity contribution in [1.82, 2.24) is 4.90 Å². The fourth-order valence-electron chi connectivity index (χ4n) is 1.83. The summed E-state index contributed by atoms with van der Waals surface area (Å²) in [6.07, 6.45) is 3.73. The quantitative estimate of drug-likeness (QED) is 0.189. The van der Waals surface area contributed by atoms with Crippen molar-refractivity contribution in [3.63, 3.8) is 0 Å². The number of carbonyl (C=O) groups is 4. The molecule has 9 heteroatoms. The molecular weight excluding hydrogens is 331 g/mol. The third kappa shape index (κ3) is 7.62. The molecule has 1 aliphatic heterocycles. The molecule has 2 N–H and O–H groups in total. The largest absolute Gasteiger partial charge is 1.00 e. The summed E-state index contributed by atoms with van der Waals surface area (Å²) in [5.74, 6) is -2.24. The topological polar surface area (TPSA) is 126 Å². The molecule has 0 saturated heterocycles. The number of allylic oxidation sites excluding steroid dienone is 1. The van der Waals surface area contributed by atoms with Crippen LogP contribution in [0.3, 0.4) is 0 Å².